The Bertz CT molecular complexity index is 241. The number of esters is 1. The fraction of sp³-hybridized carbons (Fsp3) is 0.923. The number of hydrogen-bond donors (Lipinski definition) is 2. The molecule has 1 saturated carbocycles. The summed E-state index contributed by atoms with van der Waals surface area (Å²) in [5.74, 6) is -0.361. The van der Waals surface area contributed by atoms with Crippen molar-refractivity contribution in [3.05, 3.63) is 0 Å². The van der Waals surface area contributed by atoms with Crippen molar-refractivity contribution >= 4 is 5.97 Å². The summed E-state index contributed by atoms with van der Waals surface area (Å²) in [5.41, 5.74) is 0. The van der Waals surface area contributed by atoms with Crippen LogP contribution in [0, 0.1) is 0 Å². The van der Waals surface area contributed by atoms with Crippen molar-refractivity contribution in [2.45, 2.75) is 51.2 Å². The van der Waals surface area contributed by atoms with Gasteiger partial charge in [0.2, 0.25) is 0 Å². The molecule has 1 aliphatic rings. The highest BCUT2D eigenvalue weighted by Crippen LogP contribution is 2.23. The number of aliphatic hydroxyl groups excluding tert-OH is 2. The van der Waals surface area contributed by atoms with Crippen LogP contribution < -0.4 is 0 Å². The minimum absolute atomic E-state index is 0.0302. The van der Waals surface area contributed by atoms with Crippen LogP contribution in [0.3, 0.4) is 0 Å². The summed E-state index contributed by atoms with van der Waals surface area (Å²) < 4.78 is 4.81. The van der Waals surface area contributed by atoms with Crippen molar-refractivity contribution in [2.75, 3.05) is 26.3 Å². The van der Waals surface area contributed by atoms with Gasteiger partial charge in [0.1, 0.15) is 0 Å². The number of carbonyl (C=O) groups is 1. The largest absolute Gasteiger partial charge is 0.466 e. The topological polar surface area (TPSA) is 70.0 Å². The monoisotopic (exact) mass is 259 g/mol. The van der Waals surface area contributed by atoms with Crippen LogP contribution >= 0.6 is 0 Å². The normalized spacial score (nSPS) is 18.2. The van der Waals surface area contributed by atoms with Crippen LogP contribution in [-0.4, -0.2) is 59.5 Å². The number of aliphatic hydroxyl groups is 2. The van der Waals surface area contributed by atoms with Crippen LogP contribution in [-0.2, 0) is 9.53 Å². The third kappa shape index (κ3) is 5.33. The first-order valence-corrected chi connectivity index (χ1v) is 6.86. The lowest BCUT2D eigenvalue weighted by molar-refractivity contribution is -0.145. The molecule has 18 heavy (non-hydrogen) atoms. The lowest BCUT2D eigenvalue weighted by Crippen LogP contribution is -2.41. The smallest absolute Gasteiger partial charge is 0.308 e. The Morgan fingerprint density at radius 1 is 1.44 bits per heavy atom. The lowest BCUT2D eigenvalue weighted by atomic mass is 10.1. The van der Waals surface area contributed by atoms with Crippen molar-refractivity contribution in [2.24, 2.45) is 0 Å². The van der Waals surface area contributed by atoms with Crippen LogP contribution in [0.2, 0.25) is 0 Å². The molecule has 0 saturated heterocycles. The molecule has 5 nitrogen and oxygen atoms in total. The van der Waals surface area contributed by atoms with Crippen molar-refractivity contribution in [1.82, 2.24) is 4.90 Å². The zero-order valence-electron chi connectivity index (χ0n) is 11.2. The first-order valence-electron chi connectivity index (χ1n) is 6.86. The number of rotatable bonds is 8. The van der Waals surface area contributed by atoms with Crippen molar-refractivity contribution in [3.8, 4) is 0 Å². The zero-order valence-corrected chi connectivity index (χ0v) is 11.2. The van der Waals surface area contributed by atoms with Crippen LogP contribution in [0.25, 0.3) is 0 Å². The second-order valence-electron chi connectivity index (χ2n) is 4.82. The Morgan fingerprint density at radius 2 is 2.11 bits per heavy atom. The molecule has 0 aromatic heterocycles. The van der Waals surface area contributed by atoms with E-state index in [2.05, 4.69) is 4.90 Å². The molecule has 1 unspecified atom stereocenters. The summed E-state index contributed by atoms with van der Waals surface area (Å²) in [6.07, 6.45) is 3.97. The first kappa shape index (κ1) is 15.4. The summed E-state index contributed by atoms with van der Waals surface area (Å²) in [6.45, 7) is 3.17. The van der Waals surface area contributed by atoms with Gasteiger partial charge in [0.05, 0.1) is 25.7 Å². The third-order valence-electron chi connectivity index (χ3n) is 3.38. The Labute approximate surface area is 109 Å². The van der Waals surface area contributed by atoms with Crippen molar-refractivity contribution in [1.29, 1.82) is 0 Å². The van der Waals surface area contributed by atoms with Gasteiger partial charge in [-0.25, -0.2) is 0 Å². The van der Waals surface area contributed by atoms with E-state index >= 15 is 0 Å². The molecule has 0 heterocycles. The highest BCUT2D eigenvalue weighted by molar-refractivity contribution is 5.69. The predicted molar refractivity (Wildman–Crippen MR) is 68.2 cm³/mol. The van der Waals surface area contributed by atoms with Crippen LogP contribution in [0.4, 0.5) is 0 Å². The molecule has 0 amide bonds. The molecule has 0 radical (unpaired) electrons. The third-order valence-corrected chi connectivity index (χ3v) is 3.38. The van der Waals surface area contributed by atoms with Gasteiger partial charge in [0.25, 0.3) is 0 Å². The molecule has 1 rings (SSSR count). The summed E-state index contributed by atoms with van der Waals surface area (Å²) in [7, 11) is 0. The molecule has 0 bridgehead atoms. The van der Waals surface area contributed by atoms with Gasteiger partial charge in [-0.2, -0.15) is 0 Å². The zero-order chi connectivity index (χ0) is 13.4. The van der Waals surface area contributed by atoms with Crippen LogP contribution in [0.5, 0.6) is 0 Å². The number of hydrogen-bond acceptors (Lipinski definition) is 5. The van der Waals surface area contributed by atoms with Gasteiger partial charge in [-0.3, -0.25) is 9.69 Å². The second kappa shape index (κ2) is 8.45. The van der Waals surface area contributed by atoms with E-state index in [1.165, 1.54) is 12.8 Å². The Morgan fingerprint density at radius 3 is 2.67 bits per heavy atom. The van der Waals surface area contributed by atoms with E-state index in [-0.39, 0.29) is 19.0 Å². The average molecular weight is 259 g/mol. The van der Waals surface area contributed by atoms with Crippen molar-refractivity contribution in [3.63, 3.8) is 0 Å². The van der Waals surface area contributed by atoms with E-state index in [1.54, 1.807) is 6.92 Å². The SMILES string of the molecule is CCOC(=O)CC(O)CN(CCO)C1CCCC1. The minimum Gasteiger partial charge on any atom is -0.466 e. The molecule has 0 aromatic rings. The number of ether oxygens (including phenoxy) is 1. The van der Waals surface area contributed by atoms with E-state index in [1.807, 2.05) is 0 Å². The molecule has 1 aliphatic carbocycles. The van der Waals surface area contributed by atoms with E-state index < -0.39 is 6.10 Å². The van der Waals surface area contributed by atoms with Gasteiger partial charge in [-0.15, -0.1) is 0 Å². The maximum atomic E-state index is 11.3. The highest BCUT2D eigenvalue weighted by atomic mass is 16.5. The number of nitrogens with zero attached hydrogens (tertiary/aromatic N) is 1. The van der Waals surface area contributed by atoms with Crippen molar-refractivity contribution < 1.29 is 19.7 Å². The number of carbonyl (C=O) groups excluding carboxylic acids is 1. The van der Waals surface area contributed by atoms with Gasteiger partial charge >= 0.3 is 5.97 Å². The molecule has 2 N–H and O–H groups in total. The maximum absolute atomic E-state index is 11.3. The van der Waals surface area contributed by atoms with Gasteiger partial charge < -0.3 is 14.9 Å². The Kier molecular flexibility index (Phi) is 7.23. The summed E-state index contributed by atoms with van der Waals surface area (Å²) in [4.78, 5) is 13.4. The lowest BCUT2D eigenvalue weighted by Gasteiger charge is -2.29. The predicted octanol–water partition coefficient (Wildman–Crippen LogP) is 0.537. The molecule has 106 valence electrons. The van der Waals surface area contributed by atoms with Gasteiger partial charge in [-0.05, 0) is 19.8 Å². The summed E-state index contributed by atoms with van der Waals surface area (Å²) >= 11 is 0. The average Bonchev–Trinajstić information content (AvgIpc) is 2.81. The molecule has 5 heteroatoms. The second-order valence-corrected chi connectivity index (χ2v) is 4.82. The van der Waals surface area contributed by atoms with Gasteiger partial charge in [0, 0.05) is 19.1 Å². The molecule has 0 spiro atoms. The van der Waals surface area contributed by atoms with E-state index in [0.717, 1.165) is 12.8 Å². The highest BCUT2D eigenvalue weighted by Gasteiger charge is 2.24. The Hall–Kier alpha value is -0.650. The molecule has 0 aromatic carbocycles. The minimum atomic E-state index is -0.712. The summed E-state index contributed by atoms with van der Waals surface area (Å²) in [5, 5.41) is 18.9. The summed E-state index contributed by atoms with van der Waals surface area (Å²) in [6, 6.07) is 0.439. The van der Waals surface area contributed by atoms with Crippen LogP contribution in [0.15, 0.2) is 0 Å². The molecular formula is C13H25NO4. The molecule has 1 fully saturated rings. The molecule has 1 atom stereocenters. The molecular weight excluding hydrogens is 234 g/mol. The fourth-order valence-corrected chi connectivity index (χ4v) is 2.57. The maximum Gasteiger partial charge on any atom is 0.308 e. The first-order chi connectivity index (χ1) is 8.67. The molecule has 0 aliphatic heterocycles. The van der Waals surface area contributed by atoms with Gasteiger partial charge in [-0.1, -0.05) is 12.8 Å². The fourth-order valence-electron chi connectivity index (χ4n) is 2.57. The quantitative estimate of drug-likeness (QED) is 0.623. The van der Waals surface area contributed by atoms with E-state index in [0.29, 0.717) is 25.7 Å². The van der Waals surface area contributed by atoms with Gasteiger partial charge in [0.15, 0.2) is 0 Å². The standard InChI is InChI=1S/C13H25NO4/c1-2-18-13(17)9-12(16)10-14(7-8-15)11-5-3-4-6-11/h11-12,15-16H,2-10H2,1H3. The van der Waals surface area contributed by atoms with E-state index in [9.17, 15) is 9.90 Å². The van der Waals surface area contributed by atoms with Crippen LogP contribution in [0.1, 0.15) is 39.0 Å². The Balaban J connectivity index is 2.36. The van der Waals surface area contributed by atoms with E-state index in [4.69, 9.17) is 9.84 Å².